The second kappa shape index (κ2) is 9.04. The zero-order chi connectivity index (χ0) is 24.8. The van der Waals surface area contributed by atoms with E-state index in [1.54, 1.807) is 22.7 Å². The SMILES string of the molecule is CN(C)c1ccc2nc(-c3ccc(-c4ccc(-c5nc6ccc(N(C)C)cc6s5)cc4)cc3)sc2c1. The van der Waals surface area contributed by atoms with Gasteiger partial charge in [-0.2, -0.15) is 0 Å². The molecule has 178 valence electrons. The first-order valence-electron chi connectivity index (χ1n) is 11.8. The van der Waals surface area contributed by atoms with Crippen LogP contribution >= 0.6 is 22.7 Å². The fourth-order valence-electron chi connectivity index (χ4n) is 4.24. The lowest BCUT2D eigenvalue weighted by Gasteiger charge is -2.11. The molecule has 2 aromatic heterocycles. The maximum atomic E-state index is 4.86. The third-order valence-corrected chi connectivity index (χ3v) is 8.51. The van der Waals surface area contributed by atoms with E-state index >= 15 is 0 Å². The van der Waals surface area contributed by atoms with E-state index in [9.17, 15) is 0 Å². The van der Waals surface area contributed by atoms with Crippen LogP contribution in [0.25, 0.3) is 52.7 Å². The van der Waals surface area contributed by atoms with E-state index in [1.807, 2.05) is 0 Å². The minimum Gasteiger partial charge on any atom is -0.378 e. The topological polar surface area (TPSA) is 32.3 Å². The molecule has 0 spiro atoms. The molecular formula is C30H26N4S2. The van der Waals surface area contributed by atoms with Crippen LogP contribution in [-0.4, -0.2) is 38.2 Å². The van der Waals surface area contributed by atoms with E-state index in [2.05, 4.69) is 123 Å². The van der Waals surface area contributed by atoms with Gasteiger partial charge in [0, 0.05) is 50.7 Å². The minimum absolute atomic E-state index is 1.05. The normalized spacial score (nSPS) is 11.3. The standard InChI is InChI=1S/C30H26N4S2/c1-33(2)23-13-15-25-27(17-23)35-29(31-25)21-9-5-19(6-10-21)20-7-11-22(12-8-20)30-32-26-16-14-24(34(3)4)18-28(26)36-30/h5-18H,1-4H3. The van der Waals surface area contributed by atoms with Crippen LogP contribution in [0.5, 0.6) is 0 Å². The average Bonchev–Trinajstić information content (AvgIpc) is 3.52. The molecule has 0 aliphatic carbocycles. The smallest absolute Gasteiger partial charge is 0.124 e. The molecule has 0 aliphatic heterocycles. The monoisotopic (exact) mass is 506 g/mol. The molecule has 0 radical (unpaired) electrons. The molecule has 4 aromatic carbocycles. The van der Waals surface area contributed by atoms with Gasteiger partial charge in [0.1, 0.15) is 10.0 Å². The van der Waals surface area contributed by atoms with Crippen molar-refractivity contribution in [2.24, 2.45) is 0 Å². The lowest BCUT2D eigenvalue weighted by molar-refractivity contribution is 1.14. The summed E-state index contributed by atoms with van der Waals surface area (Å²) in [6.07, 6.45) is 0. The summed E-state index contributed by atoms with van der Waals surface area (Å²) >= 11 is 3.48. The van der Waals surface area contributed by atoms with Gasteiger partial charge < -0.3 is 9.80 Å². The Bertz CT molecular complexity index is 1550. The van der Waals surface area contributed by atoms with E-state index in [1.165, 1.54) is 31.9 Å². The number of hydrogen-bond acceptors (Lipinski definition) is 6. The fraction of sp³-hybridized carbons (Fsp3) is 0.133. The molecule has 0 aliphatic rings. The molecule has 0 amide bonds. The van der Waals surface area contributed by atoms with Gasteiger partial charge >= 0.3 is 0 Å². The highest BCUT2D eigenvalue weighted by Gasteiger charge is 2.10. The van der Waals surface area contributed by atoms with Crippen LogP contribution in [0.15, 0.2) is 84.9 Å². The Morgan fingerprint density at radius 1 is 0.472 bits per heavy atom. The van der Waals surface area contributed by atoms with Gasteiger partial charge in [-0.05, 0) is 47.5 Å². The van der Waals surface area contributed by atoms with E-state index in [4.69, 9.17) is 9.97 Å². The summed E-state index contributed by atoms with van der Waals surface area (Å²) in [5, 5.41) is 2.10. The van der Waals surface area contributed by atoms with Gasteiger partial charge in [-0.1, -0.05) is 48.5 Å². The van der Waals surface area contributed by atoms with Gasteiger partial charge in [0.25, 0.3) is 0 Å². The van der Waals surface area contributed by atoms with Crippen molar-refractivity contribution in [1.29, 1.82) is 0 Å². The highest BCUT2D eigenvalue weighted by atomic mass is 32.1. The molecule has 0 saturated carbocycles. The fourth-order valence-corrected chi connectivity index (χ4v) is 6.25. The molecule has 0 saturated heterocycles. The van der Waals surface area contributed by atoms with Gasteiger partial charge in [0.2, 0.25) is 0 Å². The number of thiazole rings is 2. The largest absolute Gasteiger partial charge is 0.378 e. The average molecular weight is 507 g/mol. The van der Waals surface area contributed by atoms with Crippen molar-refractivity contribution in [2.75, 3.05) is 38.0 Å². The molecule has 2 heterocycles. The molecule has 0 N–H and O–H groups in total. The second-order valence-corrected chi connectivity index (χ2v) is 11.3. The van der Waals surface area contributed by atoms with E-state index in [0.29, 0.717) is 0 Å². The lowest BCUT2D eigenvalue weighted by atomic mass is 10.0. The molecule has 6 rings (SSSR count). The maximum Gasteiger partial charge on any atom is 0.124 e. The molecular weight excluding hydrogens is 480 g/mol. The summed E-state index contributed by atoms with van der Waals surface area (Å²) in [5.74, 6) is 0. The number of nitrogens with zero attached hydrogens (tertiary/aromatic N) is 4. The number of benzene rings is 4. The van der Waals surface area contributed by atoms with Crippen molar-refractivity contribution in [1.82, 2.24) is 9.97 Å². The summed E-state index contributed by atoms with van der Waals surface area (Å²) in [4.78, 5) is 14.0. The van der Waals surface area contributed by atoms with Crippen LogP contribution in [0.2, 0.25) is 0 Å². The quantitative estimate of drug-likeness (QED) is 0.237. The van der Waals surface area contributed by atoms with Gasteiger partial charge in [-0.25, -0.2) is 9.97 Å². The van der Waals surface area contributed by atoms with Crippen LogP contribution < -0.4 is 9.80 Å². The summed E-state index contributed by atoms with van der Waals surface area (Å²) in [6, 6.07) is 30.3. The molecule has 0 fully saturated rings. The Morgan fingerprint density at radius 2 is 0.833 bits per heavy atom. The first-order valence-corrected chi connectivity index (χ1v) is 13.4. The number of rotatable bonds is 5. The van der Waals surface area contributed by atoms with E-state index < -0.39 is 0 Å². The van der Waals surface area contributed by atoms with Crippen LogP contribution in [0.3, 0.4) is 0 Å². The van der Waals surface area contributed by atoms with Crippen molar-refractivity contribution in [3.8, 4) is 32.3 Å². The molecule has 0 unspecified atom stereocenters. The summed E-state index contributed by atoms with van der Waals surface area (Å²) < 4.78 is 2.42. The van der Waals surface area contributed by atoms with Crippen molar-refractivity contribution >= 4 is 54.5 Å². The van der Waals surface area contributed by atoms with Crippen molar-refractivity contribution in [3.63, 3.8) is 0 Å². The number of hydrogen-bond donors (Lipinski definition) is 0. The van der Waals surface area contributed by atoms with Gasteiger partial charge in [-0.3, -0.25) is 0 Å². The number of anilines is 2. The van der Waals surface area contributed by atoms with Gasteiger partial charge in [0.15, 0.2) is 0 Å². The Balaban J connectivity index is 1.24. The molecule has 6 heteroatoms. The third kappa shape index (κ3) is 4.23. The summed E-state index contributed by atoms with van der Waals surface area (Å²) in [6.45, 7) is 0. The van der Waals surface area contributed by atoms with Crippen LogP contribution in [0, 0.1) is 0 Å². The Morgan fingerprint density at radius 3 is 1.19 bits per heavy atom. The zero-order valence-corrected chi connectivity index (χ0v) is 22.3. The predicted molar refractivity (Wildman–Crippen MR) is 158 cm³/mol. The Hall–Kier alpha value is -3.74. The van der Waals surface area contributed by atoms with Crippen LogP contribution in [-0.2, 0) is 0 Å². The molecule has 0 bridgehead atoms. The second-order valence-electron chi connectivity index (χ2n) is 9.29. The van der Waals surface area contributed by atoms with Gasteiger partial charge in [0.05, 0.1) is 20.4 Å². The predicted octanol–water partition coefficient (Wildman–Crippen LogP) is 8.04. The van der Waals surface area contributed by atoms with Crippen LogP contribution in [0.4, 0.5) is 11.4 Å². The van der Waals surface area contributed by atoms with Crippen LogP contribution in [0.1, 0.15) is 0 Å². The lowest BCUT2D eigenvalue weighted by Crippen LogP contribution is -2.07. The molecule has 6 aromatic rings. The summed E-state index contributed by atoms with van der Waals surface area (Å²) in [5.41, 5.74) is 9.17. The molecule has 4 nitrogen and oxygen atoms in total. The third-order valence-electron chi connectivity index (χ3n) is 6.37. The summed E-state index contributed by atoms with van der Waals surface area (Å²) in [7, 11) is 8.25. The van der Waals surface area contributed by atoms with Gasteiger partial charge in [-0.15, -0.1) is 22.7 Å². The minimum atomic E-state index is 1.05. The first kappa shape index (κ1) is 22.7. The van der Waals surface area contributed by atoms with E-state index in [-0.39, 0.29) is 0 Å². The zero-order valence-electron chi connectivity index (χ0n) is 20.7. The highest BCUT2D eigenvalue weighted by molar-refractivity contribution is 7.22. The molecule has 0 atom stereocenters. The van der Waals surface area contributed by atoms with E-state index in [0.717, 1.165) is 32.2 Å². The number of aromatic nitrogens is 2. The highest BCUT2D eigenvalue weighted by Crippen LogP contribution is 2.35. The van der Waals surface area contributed by atoms with Crippen molar-refractivity contribution in [2.45, 2.75) is 0 Å². The Labute approximate surface area is 219 Å². The maximum absolute atomic E-state index is 4.86. The Kier molecular flexibility index (Phi) is 5.70. The van der Waals surface area contributed by atoms with Crippen molar-refractivity contribution < 1.29 is 0 Å². The molecule has 36 heavy (non-hydrogen) atoms. The first-order chi connectivity index (χ1) is 17.4. The van der Waals surface area contributed by atoms with Crippen molar-refractivity contribution in [3.05, 3.63) is 84.9 Å². The number of fused-ring (bicyclic) bond motifs is 2.